The Morgan fingerprint density at radius 1 is 1.33 bits per heavy atom. The average Bonchev–Trinajstić information content (AvgIpc) is 3.21. The van der Waals surface area contributed by atoms with Gasteiger partial charge in [0.1, 0.15) is 11.6 Å². The van der Waals surface area contributed by atoms with Crippen molar-refractivity contribution >= 4 is 17.6 Å². The molecule has 0 spiro atoms. The summed E-state index contributed by atoms with van der Waals surface area (Å²) in [6, 6.07) is 2.00. The fourth-order valence-electron chi connectivity index (χ4n) is 2.17. The molecule has 0 aromatic carbocycles. The number of aromatic nitrogens is 2. The molecular weight excluding hydrogens is 228 g/mol. The summed E-state index contributed by atoms with van der Waals surface area (Å²) in [5.41, 5.74) is 5.78. The molecule has 1 aromatic heterocycles. The molecule has 98 valence electrons. The second-order valence-corrected chi connectivity index (χ2v) is 5.03. The molecule has 3 rings (SSSR count). The largest absolute Gasteiger partial charge is 0.370 e. The normalized spacial score (nSPS) is 19.9. The summed E-state index contributed by atoms with van der Waals surface area (Å²) in [5.74, 6) is 2.96. The predicted molar refractivity (Wildman–Crippen MR) is 72.7 cm³/mol. The predicted octanol–water partition coefficient (Wildman–Crippen LogP) is 0.290. The fourth-order valence-corrected chi connectivity index (χ4v) is 2.17. The molecule has 18 heavy (non-hydrogen) atoms. The van der Waals surface area contributed by atoms with E-state index in [0.29, 0.717) is 5.95 Å². The Morgan fingerprint density at radius 3 is 2.83 bits per heavy atom. The molecule has 2 aliphatic rings. The lowest BCUT2D eigenvalue weighted by Crippen LogP contribution is -2.44. The van der Waals surface area contributed by atoms with E-state index in [0.717, 1.165) is 50.3 Å². The van der Waals surface area contributed by atoms with E-state index in [2.05, 4.69) is 25.5 Å². The zero-order chi connectivity index (χ0) is 12.4. The lowest BCUT2D eigenvalue weighted by molar-refractivity contribution is 0.585. The second kappa shape index (κ2) is 4.97. The number of nitrogen functional groups attached to an aromatic ring is 1. The molecule has 1 aromatic rings. The Bertz CT molecular complexity index is 411. The van der Waals surface area contributed by atoms with Crippen LogP contribution in [0.1, 0.15) is 12.8 Å². The van der Waals surface area contributed by atoms with Crippen LogP contribution < -0.4 is 21.3 Å². The average molecular weight is 248 g/mol. The molecule has 4 N–H and O–H groups in total. The second-order valence-electron chi connectivity index (χ2n) is 5.03. The Kier molecular flexibility index (Phi) is 3.19. The topological polar surface area (TPSA) is 79.1 Å². The minimum atomic E-state index is 0.351. The fraction of sp³-hybridized carbons (Fsp3) is 0.667. The van der Waals surface area contributed by atoms with Gasteiger partial charge in [0.15, 0.2) is 0 Å². The molecule has 0 unspecified atom stereocenters. The molecule has 0 amide bonds. The molecular formula is C12H20N6. The van der Waals surface area contributed by atoms with Crippen LogP contribution in [0.5, 0.6) is 0 Å². The number of hydrogen-bond acceptors (Lipinski definition) is 6. The van der Waals surface area contributed by atoms with E-state index in [1.54, 1.807) is 0 Å². The van der Waals surface area contributed by atoms with E-state index in [4.69, 9.17) is 5.73 Å². The molecule has 1 saturated carbocycles. The lowest BCUT2D eigenvalue weighted by Gasteiger charge is -2.28. The first-order valence-electron chi connectivity index (χ1n) is 6.65. The van der Waals surface area contributed by atoms with Gasteiger partial charge in [0, 0.05) is 38.8 Å². The third kappa shape index (κ3) is 2.81. The standard InChI is InChI=1S/C12H20N6/c13-12-16-10(15-8-9-1-2-9)7-11(17-12)18-5-3-14-4-6-18/h7,9,14H,1-6,8H2,(H3,13,15,16,17). The summed E-state index contributed by atoms with van der Waals surface area (Å²) >= 11 is 0. The molecule has 0 bridgehead atoms. The highest BCUT2D eigenvalue weighted by Gasteiger charge is 2.21. The van der Waals surface area contributed by atoms with Gasteiger partial charge in [-0.25, -0.2) is 0 Å². The van der Waals surface area contributed by atoms with Crippen LogP contribution in [-0.2, 0) is 0 Å². The van der Waals surface area contributed by atoms with Gasteiger partial charge in [0.05, 0.1) is 0 Å². The van der Waals surface area contributed by atoms with Gasteiger partial charge < -0.3 is 21.3 Å². The highest BCUT2D eigenvalue weighted by Crippen LogP contribution is 2.29. The van der Waals surface area contributed by atoms with Crippen molar-refractivity contribution in [1.29, 1.82) is 0 Å². The smallest absolute Gasteiger partial charge is 0.223 e. The molecule has 6 heteroatoms. The number of nitrogens with two attached hydrogens (primary N) is 1. The maximum atomic E-state index is 5.78. The van der Waals surface area contributed by atoms with Crippen molar-refractivity contribution in [1.82, 2.24) is 15.3 Å². The maximum Gasteiger partial charge on any atom is 0.223 e. The van der Waals surface area contributed by atoms with Crippen LogP contribution in [0.15, 0.2) is 6.07 Å². The molecule has 1 aliphatic carbocycles. The summed E-state index contributed by atoms with van der Waals surface area (Å²) in [7, 11) is 0. The highest BCUT2D eigenvalue weighted by atomic mass is 15.3. The van der Waals surface area contributed by atoms with E-state index < -0.39 is 0 Å². The molecule has 2 fully saturated rings. The monoisotopic (exact) mass is 248 g/mol. The zero-order valence-electron chi connectivity index (χ0n) is 10.5. The number of hydrogen-bond donors (Lipinski definition) is 3. The summed E-state index contributed by atoms with van der Waals surface area (Å²) < 4.78 is 0. The van der Waals surface area contributed by atoms with Gasteiger partial charge >= 0.3 is 0 Å². The molecule has 1 saturated heterocycles. The van der Waals surface area contributed by atoms with Crippen LogP contribution >= 0.6 is 0 Å². The first-order valence-corrected chi connectivity index (χ1v) is 6.65. The van der Waals surface area contributed by atoms with Crippen LogP contribution in [-0.4, -0.2) is 42.7 Å². The van der Waals surface area contributed by atoms with Crippen molar-refractivity contribution in [3.63, 3.8) is 0 Å². The van der Waals surface area contributed by atoms with E-state index in [-0.39, 0.29) is 0 Å². The summed E-state index contributed by atoms with van der Waals surface area (Å²) in [4.78, 5) is 10.8. The van der Waals surface area contributed by atoms with Crippen molar-refractivity contribution in [2.75, 3.05) is 48.7 Å². The first kappa shape index (κ1) is 11.5. The van der Waals surface area contributed by atoms with Crippen LogP contribution in [0.2, 0.25) is 0 Å². The minimum absolute atomic E-state index is 0.351. The third-order valence-corrected chi connectivity index (χ3v) is 3.44. The van der Waals surface area contributed by atoms with Crippen molar-refractivity contribution in [2.24, 2.45) is 5.92 Å². The number of piperazine rings is 1. The SMILES string of the molecule is Nc1nc(NCC2CC2)cc(N2CCNCC2)n1. The van der Waals surface area contributed by atoms with E-state index in [9.17, 15) is 0 Å². The van der Waals surface area contributed by atoms with Crippen LogP contribution in [0.4, 0.5) is 17.6 Å². The van der Waals surface area contributed by atoms with Crippen molar-refractivity contribution in [2.45, 2.75) is 12.8 Å². The number of nitrogens with zero attached hydrogens (tertiary/aromatic N) is 3. The molecule has 1 aliphatic heterocycles. The third-order valence-electron chi connectivity index (χ3n) is 3.44. The van der Waals surface area contributed by atoms with E-state index in [1.807, 2.05) is 6.07 Å². The summed E-state index contributed by atoms with van der Waals surface area (Å²) in [5, 5.41) is 6.68. The van der Waals surface area contributed by atoms with Crippen LogP contribution in [0, 0.1) is 5.92 Å². The molecule has 2 heterocycles. The van der Waals surface area contributed by atoms with Gasteiger partial charge in [-0.3, -0.25) is 0 Å². The number of rotatable bonds is 4. The van der Waals surface area contributed by atoms with Crippen LogP contribution in [0.3, 0.4) is 0 Å². The quantitative estimate of drug-likeness (QED) is 0.711. The Balaban J connectivity index is 1.71. The van der Waals surface area contributed by atoms with Gasteiger partial charge in [-0.1, -0.05) is 0 Å². The summed E-state index contributed by atoms with van der Waals surface area (Å²) in [6.07, 6.45) is 2.66. The van der Waals surface area contributed by atoms with Crippen molar-refractivity contribution in [3.05, 3.63) is 6.07 Å². The zero-order valence-corrected chi connectivity index (χ0v) is 10.5. The van der Waals surface area contributed by atoms with E-state index in [1.165, 1.54) is 12.8 Å². The molecule has 0 radical (unpaired) electrons. The van der Waals surface area contributed by atoms with Gasteiger partial charge in [0.2, 0.25) is 5.95 Å². The van der Waals surface area contributed by atoms with E-state index >= 15 is 0 Å². The molecule has 0 atom stereocenters. The highest BCUT2D eigenvalue weighted by molar-refractivity contribution is 5.53. The Morgan fingerprint density at radius 2 is 2.11 bits per heavy atom. The first-order chi connectivity index (χ1) is 8.81. The number of anilines is 3. The van der Waals surface area contributed by atoms with Crippen LogP contribution in [0.25, 0.3) is 0 Å². The Hall–Kier alpha value is -1.56. The Labute approximate surface area is 107 Å². The van der Waals surface area contributed by atoms with Crippen molar-refractivity contribution in [3.8, 4) is 0 Å². The number of nitrogens with one attached hydrogen (secondary N) is 2. The van der Waals surface area contributed by atoms with Gasteiger partial charge in [-0.2, -0.15) is 9.97 Å². The van der Waals surface area contributed by atoms with Gasteiger partial charge in [-0.15, -0.1) is 0 Å². The molecule has 6 nitrogen and oxygen atoms in total. The summed E-state index contributed by atoms with van der Waals surface area (Å²) in [6.45, 7) is 4.93. The lowest BCUT2D eigenvalue weighted by atomic mass is 10.3. The van der Waals surface area contributed by atoms with Gasteiger partial charge in [0.25, 0.3) is 0 Å². The maximum absolute atomic E-state index is 5.78. The minimum Gasteiger partial charge on any atom is -0.370 e. The van der Waals surface area contributed by atoms with Gasteiger partial charge in [-0.05, 0) is 18.8 Å². The van der Waals surface area contributed by atoms with Crippen molar-refractivity contribution < 1.29 is 0 Å².